The van der Waals surface area contributed by atoms with E-state index in [1.54, 1.807) is 11.3 Å². The topological polar surface area (TPSA) is 74.5 Å². The van der Waals surface area contributed by atoms with Gasteiger partial charge in [-0.2, -0.15) is 10.4 Å². The molecule has 3 rings (SSSR count). The van der Waals surface area contributed by atoms with Crippen molar-refractivity contribution in [2.75, 3.05) is 5.32 Å². The van der Waals surface area contributed by atoms with E-state index in [4.69, 9.17) is 0 Å². The van der Waals surface area contributed by atoms with Crippen molar-refractivity contribution < 1.29 is 0 Å². The van der Waals surface area contributed by atoms with Gasteiger partial charge in [-0.1, -0.05) is 6.07 Å². The minimum atomic E-state index is 0.515. The summed E-state index contributed by atoms with van der Waals surface area (Å²) in [6.07, 6.45) is 0. The van der Waals surface area contributed by atoms with Crippen LogP contribution in [0, 0.1) is 32.1 Å². The zero-order valence-corrected chi connectivity index (χ0v) is 13.5. The molecule has 0 radical (unpaired) electrons. The average molecular weight is 309 g/mol. The molecular weight excluding hydrogens is 294 g/mol. The molecule has 0 aliphatic heterocycles. The highest BCUT2D eigenvalue weighted by molar-refractivity contribution is 7.18. The monoisotopic (exact) mass is 309 g/mol. The fourth-order valence-corrected chi connectivity index (χ4v) is 3.08. The highest BCUT2D eigenvalue weighted by atomic mass is 32.1. The third kappa shape index (κ3) is 2.63. The fourth-order valence-electron chi connectivity index (χ4n) is 2.19. The van der Waals surface area contributed by atoms with Crippen LogP contribution in [0.15, 0.2) is 18.2 Å². The van der Waals surface area contributed by atoms with Crippen LogP contribution >= 0.6 is 11.3 Å². The molecule has 0 bridgehead atoms. The fraction of sp³-hybridized carbons (Fsp3) is 0.250. The first-order valence-electron chi connectivity index (χ1n) is 6.92. The number of aromatic nitrogens is 3. The molecule has 1 aromatic carbocycles. The molecule has 0 saturated heterocycles. The van der Waals surface area contributed by atoms with Crippen LogP contribution in [-0.2, 0) is 6.54 Å². The average Bonchev–Trinajstić information content (AvgIpc) is 2.90. The van der Waals surface area contributed by atoms with Gasteiger partial charge in [0, 0.05) is 0 Å². The van der Waals surface area contributed by atoms with E-state index in [1.165, 1.54) is 5.56 Å². The van der Waals surface area contributed by atoms with Gasteiger partial charge in [0.15, 0.2) is 5.82 Å². The molecule has 2 heterocycles. The van der Waals surface area contributed by atoms with Gasteiger partial charge in [0.2, 0.25) is 0 Å². The second-order valence-corrected chi connectivity index (χ2v) is 6.29. The molecule has 22 heavy (non-hydrogen) atoms. The Morgan fingerprint density at radius 3 is 2.82 bits per heavy atom. The van der Waals surface area contributed by atoms with E-state index in [9.17, 15) is 5.26 Å². The maximum atomic E-state index is 9.29. The summed E-state index contributed by atoms with van der Waals surface area (Å²) in [5.74, 6) is 0.515. The van der Waals surface area contributed by atoms with Gasteiger partial charge >= 0.3 is 0 Å². The Balaban J connectivity index is 1.85. The summed E-state index contributed by atoms with van der Waals surface area (Å²) in [7, 11) is 0. The Labute approximate surface area is 132 Å². The molecule has 0 spiro atoms. The lowest BCUT2D eigenvalue weighted by Gasteiger charge is -2.08. The van der Waals surface area contributed by atoms with Gasteiger partial charge in [-0.05, 0) is 44.0 Å². The number of nitriles is 1. The van der Waals surface area contributed by atoms with Gasteiger partial charge < -0.3 is 5.32 Å². The number of nitrogens with zero attached hydrogens (tertiary/aromatic N) is 4. The summed E-state index contributed by atoms with van der Waals surface area (Å²) in [4.78, 5) is 4.61. The minimum absolute atomic E-state index is 0.515. The Bertz CT molecular complexity index is 891. The van der Waals surface area contributed by atoms with E-state index in [0.29, 0.717) is 17.9 Å². The Hall–Kier alpha value is -2.52. The lowest BCUT2D eigenvalue weighted by atomic mass is 10.1. The molecule has 1 N–H and O–H groups in total. The summed E-state index contributed by atoms with van der Waals surface area (Å²) in [6.45, 7) is 6.32. The first-order valence-corrected chi connectivity index (χ1v) is 7.74. The van der Waals surface area contributed by atoms with E-state index >= 15 is 0 Å². The van der Waals surface area contributed by atoms with Gasteiger partial charge in [-0.15, -0.1) is 16.4 Å². The van der Waals surface area contributed by atoms with E-state index in [1.807, 2.05) is 13.8 Å². The third-order valence-corrected chi connectivity index (χ3v) is 4.60. The van der Waals surface area contributed by atoms with Crippen LogP contribution < -0.4 is 5.32 Å². The van der Waals surface area contributed by atoms with Crippen molar-refractivity contribution in [2.24, 2.45) is 0 Å². The van der Waals surface area contributed by atoms with E-state index in [-0.39, 0.29) is 0 Å². The maximum Gasteiger partial charge on any atom is 0.167 e. The van der Waals surface area contributed by atoms with Gasteiger partial charge in [0.1, 0.15) is 16.6 Å². The molecule has 0 unspecified atom stereocenters. The Morgan fingerprint density at radius 2 is 2.05 bits per heavy atom. The maximum absolute atomic E-state index is 9.29. The molecule has 0 saturated carbocycles. The van der Waals surface area contributed by atoms with Crippen molar-refractivity contribution in [3.63, 3.8) is 0 Å². The molecule has 6 heteroatoms. The molecule has 2 aromatic heterocycles. The zero-order valence-electron chi connectivity index (χ0n) is 12.6. The van der Waals surface area contributed by atoms with E-state index in [2.05, 4.69) is 51.7 Å². The zero-order chi connectivity index (χ0) is 15.7. The van der Waals surface area contributed by atoms with Crippen molar-refractivity contribution >= 4 is 27.4 Å². The third-order valence-electron chi connectivity index (χ3n) is 3.56. The van der Waals surface area contributed by atoms with Crippen molar-refractivity contribution in [2.45, 2.75) is 27.3 Å². The van der Waals surface area contributed by atoms with Crippen molar-refractivity contribution in [1.29, 1.82) is 5.26 Å². The van der Waals surface area contributed by atoms with Crippen molar-refractivity contribution in [3.8, 4) is 6.07 Å². The molecule has 0 atom stereocenters. The van der Waals surface area contributed by atoms with Crippen LogP contribution in [0.3, 0.4) is 0 Å². The molecule has 3 aromatic rings. The molecule has 0 aliphatic carbocycles. The Kier molecular flexibility index (Phi) is 3.73. The lowest BCUT2D eigenvalue weighted by molar-refractivity contribution is 0.939. The summed E-state index contributed by atoms with van der Waals surface area (Å²) >= 11 is 1.64. The predicted octanol–water partition coefficient (Wildman–Crippen LogP) is 3.50. The van der Waals surface area contributed by atoms with Crippen molar-refractivity contribution in [3.05, 3.63) is 45.6 Å². The summed E-state index contributed by atoms with van der Waals surface area (Å²) < 4.78 is 1.16. The second-order valence-electron chi connectivity index (χ2n) is 5.18. The van der Waals surface area contributed by atoms with Crippen LogP contribution in [0.4, 0.5) is 5.82 Å². The van der Waals surface area contributed by atoms with Gasteiger partial charge in [0.05, 0.1) is 22.5 Å². The SMILES string of the molecule is Cc1ccc2sc(CNc3nnc(C)c(C)c3C#N)nc2c1. The van der Waals surface area contributed by atoms with E-state index in [0.717, 1.165) is 26.5 Å². The van der Waals surface area contributed by atoms with Gasteiger partial charge in [0.25, 0.3) is 0 Å². The number of thiazole rings is 1. The summed E-state index contributed by atoms with van der Waals surface area (Å²) in [5, 5.41) is 21.6. The lowest BCUT2D eigenvalue weighted by Crippen LogP contribution is -2.07. The number of fused-ring (bicyclic) bond motifs is 1. The van der Waals surface area contributed by atoms with Crippen LogP contribution in [0.1, 0.15) is 27.4 Å². The second kappa shape index (κ2) is 5.70. The normalized spacial score (nSPS) is 10.6. The number of hydrogen-bond donors (Lipinski definition) is 1. The Morgan fingerprint density at radius 1 is 1.23 bits per heavy atom. The molecular formula is C16H15N5S. The summed E-state index contributed by atoms with van der Waals surface area (Å²) in [5.41, 5.74) is 4.39. The van der Waals surface area contributed by atoms with Gasteiger partial charge in [-0.25, -0.2) is 4.98 Å². The molecule has 5 nitrogen and oxygen atoms in total. The quantitative estimate of drug-likeness (QED) is 0.801. The molecule has 0 fully saturated rings. The van der Waals surface area contributed by atoms with Gasteiger partial charge in [-0.3, -0.25) is 0 Å². The number of rotatable bonds is 3. The van der Waals surface area contributed by atoms with Crippen LogP contribution in [-0.4, -0.2) is 15.2 Å². The van der Waals surface area contributed by atoms with E-state index < -0.39 is 0 Å². The first-order chi connectivity index (χ1) is 10.6. The molecule has 0 amide bonds. The number of aryl methyl sites for hydroxylation is 2. The minimum Gasteiger partial charge on any atom is -0.361 e. The van der Waals surface area contributed by atoms with Crippen LogP contribution in [0.2, 0.25) is 0 Å². The highest BCUT2D eigenvalue weighted by Crippen LogP contribution is 2.24. The standard InChI is InChI=1S/C16H15N5S/c1-9-4-5-14-13(6-9)19-15(22-14)8-18-16-12(7-17)10(2)11(3)20-21-16/h4-6H,8H2,1-3H3,(H,18,21). The number of nitrogens with one attached hydrogen (secondary N) is 1. The number of benzene rings is 1. The highest BCUT2D eigenvalue weighted by Gasteiger charge is 2.11. The largest absolute Gasteiger partial charge is 0.361 e. The smallest absolute Gasteiger partial charge is 0.167 e. The number of hydrogen-bond acceptors (Lipinski definition) is 6. The van der Waals surface area contributed by atoms with Crippen LogP contribution in [0.25, 0.3) is 10.2 Å². The van der Waals surface area contributed by atoms with Crippen LogP contribution in [0.5, 0.6) is 0 Å². The van der Waals surface area contributed by atoms with Crippen molar-refractivity contribution in [1.82, 2.24) is 15.2 Å². The molecule has 0 aliphatic rings. The summed E-state index contributed by atoms with van der Waals surface area (Å²) in [6, 6.07) is 8.44. The predicted molar refractivity (Wildman–Crippen MR) is 87.9 cm³/mol. The molecule has 110 valence electrons. The number of anilines is 1. The first kappa shape index (κ1) is 14.4.